The maximum absolute atomic E-state index is 14.6. The Balaban J connectivity index is 1.31. The number of carbonyl (C=O) groups is 3. The molecule has 0 spiro atoms. The molecule has 49 heavy (non-hydrogen) atoms. The molecule has 0 unspecified atom stereocenters. The minimum Gasteiger partial charge on any atom is -0.488 e. The third kappa shape index (κ3) is 7.06. The summed E-state index contributed by atoms with van der Waals surface area (Å²) in [7, 11) is -3.92. The molecule has 1 aromatic carbocycles. The number of amides is 2. The fourth-order valence-electron chi connectivity index (χ4n) is 7.11. The van der Waals surface area contributed by atoms with Gasteiger partial charge in [0, 0.05) is 29.9 Å². The number of nitrogens with zero attached hydrogens (tertiary/aromatic N) is 2. The molecule has 266 valence electrons. The minimum atomic E-state index is -3.92. The van der Waals surface area contributed by atoms with Crippen LogP contribution in [0.4, 0.5) is 4.39 Å². The quantitative estimate of drug-likeness (QED) is 0.394. The molecule has 0 bridgehead atoms. The second-order valence-corrected chi connectivity index (χ2v) is 17.0. The topological polar surface area (TPSA) is 158 Å². The normalized spacial score (nSPS) is 29.4. The molecule has 4 aliphatic rings. The number of pyridine rings is 1. The monoisotopic (exact) mass is 698 g/mol. The fraction of sp³-hybridized carbons (Fsp3) is 0.611. The Labute approximate surface area is 287 Å². The molecule has 1 aromatic heterocycles. The first kappa shape index (κ1) is 35.3. The van der Waals surface area contributed by atoms with Crippen LogP contribution in [0, 0.1) is 24.1 Å². The molecule has 2 aliphatic heterocycles. The van der Waals surface area contributed by atoms with Gasteiger partial charge in [-0.05, 0) is 84.3 Å². The summed E-state index contributed by atoms with van der Waals surface area (Å²) >= 11 is 0. The van der Waals surface area contributed by atoms with E-state index in [9.17, 15) is 27.2 Å². The first-order valence-electron chi connectivity index (χ1n) is 17.4. The number of ether oxygens (including phenoxy) is 2. The van der Waals surface area contributed by atoms with Gasteiger partial charge in [0.05, 0.1) is 40.4 Å². The zero-order valence-electron chi connectivity index (χ0n) is 28.7. The van der Waals surface area contributed by atoms with Crippen molar-refractivity contribution >= 4 is 38.5 Å². The van der Waals surface area contributed by atoms with E-state index in [1.165, 1.54) is 11.0 Å². The molecule has 3 N–H and O–H groups in total. The largest absolute Gasteiger partial charge is 0.488 e. The van der Waals surface area contributed by atoms with E-state index in [1.807, 2.05) is 26.0 Å². The number of aromatic nitrogens is 1. The smallest absolute Gasteiger partial charge is 0.240 e. The molecular formula is C36H47FN4O7S. The summed E-state index contributed by atoms with van der Waals surface area (Å²) in [5.74, 6) is -1.47. The van der Waals surface area contributed by atoms with E-state index in [0.717, 1.165) is 25.7 Å². The molecule has 1 saturated heterocycles. The van der Waals surface area contributed by atoms with Crippen molar-refractivity contribution < 1.29 is 36.7 Å². The van der Waals surface area contributed by atoms with E-state index in [-0.39, 0.29) is 49.0 Å². The van der Waals surface area contributed by atoms with E-state index in [4.69, 9.17) is 15.2 Å². The highest BCUT2D eigenvalue weighted by Crippen LogP contribution is 2.57. The van der Waals surface area contributed by atoms with Crippen molar-refractivity contribution in [1.29, 1.82) is 0 Å². The lowest BCUT2D eigenvalue weighted by Gasteiger charge is -2.27. The lowest BCUT2D eigenvalue weighted by molar-refractivity contribution is -0.140. The van der Waals surface area contributed by atoms with Gasteiger partial charge in [-0.3, -0.25) is 19.1 Å². The van der Waals surface area contributed by atoms with Gasteiger partial charge in [-0.25, -0.2) is 17.8 Å². The summed E-state index contributed by atoms with van der Waals surface area (Å²) in [6.45, 7) is 7.01. The highest BCUT2D eigenvalue weighted by molar-refractivity contribution is 7.91. The van der Waals surface area contributed by atoms with Crippen LogP contribution in [0.5, 0.6) is 11.6 Å². The Kier molecular flexibility index (Phi) is 9.55. The predicted octanol–water partition coefficient (Wildman–Crippen LogP) is 4.63. The highest BCUT2D eigenvalue weighted by atomic mass is 32.2. The Morgan fingerprint density at radius 1 is 1.18 bits per heavy atom. The van der Waals surface area contributed by atoms with Gasteiger partial charge in [0.1, 0.15) is 17.7 Å². The van der Waals surface area contributed by atoms with Crippen molar-refractivity contribution in [2.45, 2.75) is 121 Å². The summed E-state index contributed by atoms with van der Waals surface area (Å²) in [6.07, 6.45) is 8.01. The van der Waals surface area contributed by atoms with Gasteiger partial charge in [-0.1, -0.05) is 25.0 Å². The molecule has 0 radical (unpaired) electrons. The maximum Gasteiger partial charge on any atom is 0.240 e. The number of rotatable bonds is 7. The van der Waals surface area contributed by atoms with Crippen molar-refractivity contribution in [1.82, 2.24) is 14.6 Å². The number of sulfonamides is 1. The third-order valence-corrected chi connectivity index (χ3v) is 12.8. The second kappa shape index (κ2) is 13.3. The van der Waals surface area contributed by atoms with Crippen molar-refractivity contribution in [3.05, 3.63) is 41.7 Å². The standard InChI is InChI=1S/C36H47FN4O7S/c1-21(2)47-31-17-30(25-12-13-26(37)22(3)32(25)39-31)48-24-16-28-29(42)19-36(34(44)40-49(45,46)35(4)14-15-35)18-23(36)10-8-6-5-7-9-11-27(38)33(43)41(28)20-24/h8,10,12-13,17,21,23-24,27-28H,5-7,9,11,14-16,18-20,38H2,1-4H3,(H,40,44)/b10-8-/t23-,24-,27+,28+,36-/m1/s1. The number of carbonyl (C=O) groups excluding carboxylic acids is 3. The third-order valence-electron chi connectivity index (χ3n) is 10.7. The molecule has 2 aliphatic carbocycles. The Morgan fingerprint density at radius 3 is 2.65 bits per heavy atom. The van der Waals surface area contributed by atoms with Crippen LogP contribution in [0.1, 0.15) is 90.5 Å². The molecule has 2 amide bonds. The molecule has 2 saturated carbocycles. The highest BCUT2D eigenvalue weighted by Gasteiger charge is 2.62. The van der Waals surface area contributed by atoms with Crippen LogP contribution in [-0.2, 0) is 24.4 Å². The van der Waals surface area contributed by atoms with Gasteiger partial charge in [0.2, 0.25) is 27.7 Å². The number of ketones is 1. The molecule has 5 atom stereocenters. The fourth-order valence-corrected chi connectivity index (χ4v) is 8.45. The van der Waals surface area contributed by atoms with Crippen molar-refractivity contribution in [2.24, 2.45) is 17.1 Å². The van der Waals surface area contributed by atoms with Crippen molar-refractivity contribution in [3.63, 3.8) is 0 Å². The molecule has 13 heteroatoms. The Hall–Kier alpha value is -3.58. The second-order valence-electron chi connectivity index (χ2n) is 14.8. The maximum atomic E-state index is 14.6. The number of halogens is 1. The molecule has 11 nitrogen and oxygen atoms in total. The van der Waals surface area contributed by atoms with Crippen molar-refractivity contribution in [3.8, 4) is 11.6 Å². The molecule has 2 aromatic rings. The first-order valence-corrected chi connectivity index (χ1v) is 18.9. The van der Waals surface area contributed by atoms with Crippen molar-refractivity contribution in [2.75, 3.05) is 6.54 Å². The Morgan fingerprint density at radius 2 is 1.94 bits per heavy atom. The summed E-state index contributed by atoms with van der Waals surface area (Å²) in [5.41, 5.74) is 5.89. The average molecular weight is 699 g/mol. The number of aryl methyl sites for hydroxylation is 1. The summed E-state index contributed by atoms with van der Waals surface area (Å²) in [5, 5.41) is 0.558. The first-order chi connectivity index (χ1) is 23.1. The van der Waals surface area contributed by atoms with E-state index in [2.05, 4.69) is 9.71 Å². The molecule has 3 heterocycles. The SMILES string of the molecule is Cc1c(F)ccc2c(O[C@@H]3C[C@H]4C(=O)C[C@]5(C(=O)NS(=O)(=O)C6(C)CC6)C[C@H]5/C=C\CCCCC[C@H](N)C(=O)N4C3)cc(OC(C)C)nc12. The summed E-state index contributed by atoms with van der Waals surface area (Å²) in [6, 6.07) is 2.81. The number of allylic oxidation sites excluding steroid dienone is 2. The van der Waals surface area contributed by atoms with Crippen LogP contribution < -0.4 is 19.9 Å². The van der Waals surface area contributed by atoms with Crippen LogP contribution >= 0.6 is 0 Å². The summed E-state index contributed by atoms with van der Waals surface area (Å²) < 4.78 is 54.4. The van der Waals surface area contributed by atoms with E-state index in [0.29, 0.717) is 47.9 Å². The van der Waals surface area contributed by atoms with Crippen LogP contribution in [0.2, 0.25) is 0 Å². The zero-order chi connectivity index (χ0) is 35.3. The molecule has 6 rings (SSSR count). The number of nitrogens with one attached hydrogen (secondary N) is 1. The minimum absolute atomic E-state index is 0.0720. The predicted molar refractivity (Wildman–Crippen MR) is 182 cm³/mol. The van der Waals surface area contributed by atoms with E-state index >= 15 is 0 Å². The van der Waals surface area contributed by atoms with E-state index in [1.54, 1.807) is 26.0 Å². The van der Waals surface area contributed by atoms with Gasteiger partial charge < -0.3 is 20.1 Å². The number of benzene rings is 1. The average Bonchev–Trinajstić information content (AvgIpc) is 3.91. The lowest BCUT2D eigenvalue weighted by atomic mass is 9.91. The van der Waals surface area contributed by atoms with Crippen LogP contribution in [-0.4, -0.2) is 71.5 Å². The van der Waals surface area contributed by atoms with Crippen LogP contribution in [0.15, 0.2) is 30.4 Å². The molecular weight excluding hydrogens is 651 g/mol. The Bertz CT molecular complexity index is 1790. The van der Waals surface area contributed by atoms with Gasteiger partial charge >= 0.3 is 0 Å². The number of Topliss-reactive ketones (excluding diaryl/α,β-unsaturated/α-hetero) is 1. The van der Waals surface area contributed by atoms with Crippen LogP contribution in [0.25, 0.3) is 10.9 Å². The number of nitrogens with two attached hydrogens (primary N) is 1. The number of hydrogen-bond acceptors (Lipinski definition) is 9. The number of fused-ring (bicyclic) bond motifs is 3. The van der Waals surface area contributed by atoms with Gasteiger partial charge in [-0.2, -0.15) is 0 Å². The number of hydrogen-bond donors (Lipinski definition) is 2. The zero-order valence-corrected chi connectivity index (χ0v) is 29.5. The van der Waals surface area contributed by atoms with Gasteiger partial charge in [-0.15, -0.1) is 0 Å². The van der Waals surface area contributed by atoms with Gasteiger partial charge in [0.25, 0.3) is 0 Å². The van der Waals surface area contributed by atoms with Crippen LogP contribution in [0.3, 0.4) is 0 Å². The molecule has 3 fully saturated rings. The van der Waals surface area contributed by atoms with Gasteiger partial charge in [0.15, 0.2) is 5.78 Å². The lowest BCUT2D eigenvalue weighted by Crippen LogP contribution is -2.50. The summed E-state index contributed by atoms with van der Waals surface area (Å²) in [4.78, 5) is 47.8. The van der Waals surface area contributed by atoms with E-state index < -0.39 is 50.1 Å².